The first-order chi connectivity index (χ1) is 10.2. The van der Waals surface area contributed by atoms with E-state index in [1.54, 1.807) is 0 Å². The summed E-state index contributed by atoms with van der Waals surface area (Å²) in [6.07, 6.45) is -1.98. The quantitative estimate of drug-likeness (QED) is 0.251. The number of hydrogen-bond acceptors (Lipinski definition) is 6. The Kier molecular flexibility index (Phi) is 6.05. The average molecular weight is 491 g/mol. The van der Waals surface area contributed by atoms with Gasteiger partial charge in [-0.1, -0.05) is 0 Å². The Labute approximate surface area is 142 Å². The maximum absolute atomic E-state index is 13.1. The van der Waals surface area contributed by atoms with Gasteiger partial charge < -0.3 is 4.55 Å². The fraction of sp³-hybridized carbons (Fsp3) is 0.400. The fourth-order valence-corrected chi connectivity index (χ4v) is 3.01. The van der Waals surface area contributed by atoms with Crippen molar-refractivity contribution >= 4 is 42.8 Å². The number of rotatable bonds is 7. The van der Waals surface area contributed by atoms with Gasteiger partial charge in [0.2, 0.25) is 0 Å². The molecular weight excluding hydrogens is 483 g/mol. The third kappa shape index (κ3) is 4.74. The maximum atomic E-state index is 13.1. The SMILES string of the molecule is O=S(=O)(OCCC(F)(F)C(F)(F)S(=O)(=O)[O-])c1ccc(I)cc1. The van der Waals surface area contributed by atoms with Gasteiger partial charge in [-0.25, -0.2) is 8.42 Å². The van der Waals surface area contributed by atoms with Crippen LogP contribution < -0.4 is 0 Å². The van der Waals surface area contributed by atoms with Crippen molar-refractivity contribution in [3.63, 3.8) is 0 Å². The van der Waals surface area contributed by atoms with Crippen molar-refractivity contribution in [1.82, 2.24) is 0 Å². The molecular formula is C10H8F4IO6S2-. The molecule has 0 saturated carbocycles. The summed E-state index contributed by atoms with van der Waals surface area (Å²) < 4.78 is 111. The summed E-state index contributed by atoms with van der Waals surface area (Å²) in [6.45, 7) is -1.44. The lowest BCUT2D eigenvalue weighted by Crippen LogP contribution is -2.47. The van der Waals surface area contributed by atoms with Gasteiger partial charge in [-0.05, 0) is 46.9 Å². The maximum Gasteiger partial charge on any atom is 0.396 e. The highest BCUT2D eigenvalue weighted by molar-refractivity contribution is 14.1. The van der Waals surface area contributed by atoms with E-state index in [4.69, 9.17) is 0 Å². The van der Waals surface area contributed by atoms with E-state index in [1.807, 2.05) is 22.6 Å². The molecule has 0 heterocycles. The highest BCUT2D eigenvalue weighted by atomic mass is 127. The summed E-state index contributed by atoms with van der Waals surface area (Å²) >= 11 is 1.88. The van der Waals surface area contributed by atoms with Gasteiger partial charge in [-0.15, -0.1) is 0 Å². The molecule has 0 aliphatic carbocycles. The van der Waals surface area contributed by atoms with Crippen LogP contribution in [0.3, 0.4) is 0 Å². The lowest BCUT2D eigenvalue weighted by molar-refractivity contribution is -0.167. The van der Waals surface area contributed by atoms with Crippen molar-refractivity contribution in [1.29, 1.82) is 0 Å². The largest absolute Gasteiger partial charge is 0.743 e. The van der Waals surface area contributed by atoms with Crippen LogP contribution in [-0.4, -0.2) is 39.2 Å². The van der Waals surface area contributed by atoms with Crippen molar-refractivity contribution in [2.24, 2.45) is 0 Å². The van der Waals surface area contributed by atoms with Crippen molar-refractivity contribution in [3.05, 3.63) is 27.8 Å². The molecule has 1 aromatic rings. The van der Waals surface area contributed by atoms with Crippen LogP contribution in [0, 0.1) is 3.57 Å². The van der Waals surface area contributed by atoms with Crippen LogP contribution in [0.4, 0.5) is 17.6 Å². The van der Waals surface area contributed by atoms with Crippen LogP contribution in [0.5, 0.6) is 0 Å². The van der Waals surface area contributed by atoms with E-state index in [0.717, 1.165) is 12.1 Å². The lowest BCUT2D eigenvalue weighted by Gasteiger charge is -2.28. The van der Waals surface area contributed by atoms with Crippen LogP contribution in [0.2, 0.25) is 0 Å². The summed E-state index contributed by atoms with van der Waals surface area (Å²) in [4.78, 5) is -0.399. The molecule has 1 aromatic carbocycles. The molecule has 6 nitrogen and oxygen atoms in total. The smallest absolute Gasteiger partial charge is 0.396 e. The second kappa shape index (κ2) is 6.78. The van der Waals surface area contributed by atoms with E-state index in [2.05, 4.69) is 4.18 Å². The van der Waals surface area contributed by atoms with Crippen LogP contribution >= 0.6 is 22.6 Å². The standard InChI is InChI=1S/C10H9F4IO6S2/c11-9(12,10(13,14)23(18,19)20)5-6-21-22(16,17)8-3-1-7(15)2-4-8/h1-4H,5-6H2,(H,18,19,20)/p-1. The van der Waals surface area contributed by atoms with Gasteiger partial charge in [-0.2, -0.15) is 26.0 Å². The highest BCUT2D eigenvalue weighted by Crippen LogP contribution is 2.40. The molecule has 132 valence electrons. The third-order valence-corrected chi connectivity index (χ3v) is 5.47. The van der Waals surface area contributed by atoms with Gasteiger partial charge in [0.25, 0.3) is 10.1 Å². The van der Waals surface area contributed by atoms with Crippen molar-refractivity contribution in [3.8, 4) is 0 Å². The van der Waals surface area contributed by atoms with E-state index in [0.29, 0.717) is 3.57 Å². The van der Waals surface area contributed by atoms with Crippen LogP contribution in [0.25, 0.3) is 0 Å². The molecule has 0 bridgehead atoms. The highest BCUT2D eigenvalue weighted by Gasteiger charge is 2.61. The monoisotopic (exact) mass is 491 g/mol. The minimum Gasteiger partial charge on any atom is -0.743 e. The second-order valence-corrected chi connectivity index (χ2v) is 8.44. The molecule has 0 spiro atoms. The topological polar surface area (TPSA) is 101 Å². The van der Waals surface area contributed by atoms with Gasteiger partial charge in [0, 0.05) is 9.99 Å². The van der Waals surface area contributed by atoms with Crippen molar-refractivity contribution in [2.45, 2.75) is 22.5 Å². The predicted molar refractivity (Wildman–Crippen MR) is 76.5 cm³/mol. The Bertz CT molecular complexity index is 761. The molecule has 0 aromatic heterocycles. The number of benzene rings is 1. The van der Waals surface area contributed by atoms with Crippen LogP contribution in [-0.2, 0) is 24.4 Å². The second-order valence-electron chi connectivity index (χ2n) is 4.16. The first-order valence-corrected chi connectivity index (χ1v) is 9.46. The minimum atomic E-state index is -6.62. The molecule has 0 aliphatic heterocycles. The molecule has 0 amide bonds. The molecule has 0 N–H and O–H groups in total. The molecule has 1 rings (SSSR count). The van der Waals surface area contributed by atoms with E-state index >= 15 is 0 Å². The Morgan fingerprint density at radius 1 is 1.04 bits per heavy atom. The van der Waals surface area contributed by atoms with E-state index < -0.39 is 49.3 Å². The zero-order chi connectivity index (χ0) is 18.1. The molecule has 0 radical (unpaired) electrons. The zero-order valence-corrected chi connectivity index (χ0v) is 14.7. The van der Waals surface area contributed by atoms with Crippen LogP contribution in [0.15, 0.2) is 29.2 Å². The molecule has 0 unspecified atom stereocenters. The summed E-state index contributed by atoms with van der Waals surface area (Å²) in [7, 11) is -11.1. The lowest BCUT2D eigenvalue weighted by atomic mass is 10.2. The summed E-state index contributed by atoms with van der Waals surface area (Å²) in [5.41, 5.74) is 0. The number of alkyl halides is 4. The minimum absolute atomic E-state index is 0.399. The Morgan fingerprint density at radius 3 is 1.96 bits per heavy atom. The van der Waals surface area contributed by atoms with Gasteiger partial charge in [-0.3, -0.25) is 4.18 Å². The number of hydrogen-bond donors (Lipinski definition) is 0. The summed E-state index contributed by atoms with van der Waals surface area (Å²) in [5, 5.41) is -5.88. The van der Waals surface area contributed by atoms with E-state index in [1.165, 1.54) is 12.1 Å². The van der Waals surface area contributed by atoms with E-state index in [9.17, 15) is 39.0 Å². The molecule has 23 heavy (non-hydrogen) atoms. The fourth-order valence-electron chi connectivity index (χ4n) is 1.28. The third-order valence-electron chi connectivity index (χ3n) is 2.50. The van der Waals surface area contributed by atoms with Crippen molar-refractivity contribution in [2.75, 3.05) is 6.61 Å². The first kappa shape index (κ1) is 20.5. The first-order valence-electron chi connectivity index (χ1n) is 5.57. The van der Waals surface area contributed by atoms with Gasteiger partial charge in [0.1, 0.15) is 0 Å². The van der Waals surface area contributed by atoms with Gasteiger partial charge in [0.05, 0.1) is 11.5 Å². The van der Waals surface area contributed by atoms with Crippen LogP contribution in [0.1, 0.15) is 6.42 Å². The van der Waals surface area contributed by atoms with E-state index in [-0.39, 0.29) is 0 Å². The molecule has 0 atom stereocenters. The van der Waals surface area contributed by atoms with Crippen molar-refractivity contribution < 1.29 is 43.1 Å². The Morgan fingerprint density at radius 2 is 1.52 bits per heavy atom. The Balaban J connectivity index is 2.81. The summed E-state index contributed by atoms with van der Waals surface area (Å²) in [5.74, 6) is -5.28. The zero-order valence-electron chi connectivity index (χ0n) is 10.9. The predicted octanol–water partition coefficient (Wildman–Crippen LogP) is 2.16. The molecule has 0 aliphatic rings. The van der Waals surface area contributed by atoms with Gasteiger partial charge >= 0.3 is 11.2 Å². The summed E-state index contributed by atoms with van der Waals surface area (Å²) in [6, 6.07) is 4.96. The molecule has 13 heteroatoms. The molecule has 0 saturated heterocycles. The Hall–Kier alpha value is -0.510. The normalized spacial score (nSPS) is 14.0. The molecule has 0 fully saturated rings. The van der Waals surface area contributed by atoms with Gasteiger partial charge in [0.15, 0.2) is 10.1 Å². The average Bonchev–Trinajstić information content (AvgIpc) is 2.37. The number of halogens is 5.